The van der Waals surface area contributed by atoms with Crippen LogP contribution in [0, 0.1) is 11.8 Å². The molecule has 6 heteroatoms. The highest BCUT2D eigenvalue weighted by Gasteiger charge is 2.29. The van der Waals surface area contributed by atoms with Crippen LogP contribution in [0.5, 0.6) is 0 Å². The standard InChI is InChI=1S/C16H29N3O3/c1-12-8-13(2)10-19(9-12)15(20)11-17-4-6-18(7-5-17)14(3)16(21)22/h12-14H,4-11H2,1-3H3,(H,21,22)/t12-,13-,14+/m1/s1. The van der Waals surface area contributed by atoms with E-state index in [2.05, 4.69) is 18.7 Å². The van der Waals surface area contributed by atoms with Gasteiger partial charge in [-0.2, -0.15) is 0 Å². The Bertz CT molecular complexity index is 397. The molecule has 0 saturated carbocycles. The number of nitrogens with zero attached hydrogens (tertiary/aromatic N) is 3. The van der Waals surface area contributed by atoms with E-state index >= 15 is 0 Å². The minimum absolute atomic E-state index is 0.220. The van der Waals surface area contributed by atoms with Gasteiger partial charge >= 0.3 is 5.97 Å². The summed E-state index contributed by atoms with van der Waals surface area (Å²) < 4.78 is 0. The third-order valence-corrected chi connectivity index (χ3v) is 4.89. The SMILES string of the molecule is C[C@@H]1C[C@@H](C)CN(C(=O)CN2CCN([C@@H](C)C(=O)O)CC2)C1. The molecule has 2 heterocycles. The predicted molar refractivity (Wildman–Crippen MR) is 84.6 cm³/mol. The second kappa shape index (κ2) is 7.42. The Morgan fingerprint density at radius 2 is 1.64 bits per heavy atom. The summed E-state index contributed by atoms with van der Waals surface area (Å²) in [4.78, 5) is 29.6. The molecule has 0 spiro atoms. The van der Waals surface area contributed by atoms with Gasteiger partial charge in [0.15, 0.2) is 0 Å². The van der Waals surface area contributed by atoms with Crippen molar-refractivity contribution in [3.63, 3.8) is 0 Å². The van der Waals surface area contributed by atoms with Crippen molar-refractivity contribution >= 4 is 11.9 Å². The van der Waals surface area contributed by atoms with Crippen molar-refractivity contribution in [2.45, 2.75) is 33.2 Å². The van der Waals surface area contributed by atoms with Gasteiger partial charge in [0.25, 0.3) is 0 Å². The molecule has 2 fully saturated rings. The molecule has 2 rings (SSSR count). The van der Waals surface area contributed by atoms with E-state index in [1.807, 2.05) is 9.80 Å². The number of piperazine rings is 1. The number of carboxylic acid groups (broad SMARTS) is 1. The Hall–Kier alpha value is -1.14. The van der Waals surface area contributed by atoms with Gasteiger partial charge in [-0.3, -0.25) is 19.4 Å². The molecule has 6 nitrogen and oxygen atoms in total. The number of carbonyl (C=O) groups is 2. The maximum Gasteiger partial charge on any atom is 0.320 e. The first-order chi connectivity index (χ1) is 10.4. The fourth-order valence-corrected chi connectivity index (χ4v) is 3.62. The molecule has 2 saturated heterocycles. The summed E-state index contributed by atoms with van der Waals surface area (Å²) in [5.74, 6) is 0.612. The van der Waals surface area contributed by atoms with Crippen molar-refractivity contribution in [2.75, 3.05) is 45.8 Å². The number of rotatable bonds is 4. The molecule has 0 aromatic heterocycles. The first kappa shape index (κ1) is 17.2. The highest BCUT2D eigenvalue weighted by Crippen LogP contribution is 2.21. The van der Waals surface area contributed by atoms with Gasteiger partial charge in [-0.15, -0.1) is 0 Å². The zero-order valence-corrected chi connectivity index (χ0v) is 14.0. The number of hydrogen-bond acceptors (Lipinski definition) is 4. The van der Waals surface area contributed by atoms with Crippen LogP contribution in [0.3, 0.4) is 0 Å². The average molecular weight is 311 g/mol. The number of likely N-dealkylation sites (tertiary alicyclic amines) is 1. The minimum atomic E-state index is -0.777. The molecule has 3 atom stereocenters. The van der Waals surface area contributed by atoms with Crippen LogP contribution in [0.25, 0.3) is 0 Å². The lowest BCUT2D eigenvalue weighted by molar-refractivity contribution is -0.144. The van der Waals surface area contributed by atoms with E-state index < -0.39 is 12.0 Å². The van der Waals surface area contributed by atoms with Gasteiger partial charge in [-0.1, -0.05) is 13.8 Å². The van der Waals surface area contributed by atoms with Gasteiger partial charge in [0.2, 0.25) is 5.91 Å². The lowest BCUT2D eigenvalue weighted by Gasteiger charge is -2.39. The van der Waals surface area contributed by atoms with Gasteiger partial charge in [-0.25, -0.2) is 0 Å². The Labute approximate surface area is 133 Å². The molecule has 126 valence electrons. The molecule has 2 aliphatic rings. The summed E-state index contributed by atoms with van der Waals surface area (Å²) in [5, 5.41) is 9.05. The van der Waals surface area contributed by atoms with E-state index in [-0.39, 0.29) is 5.91 Å². The fourth-order valence-electron chi connectivity index (χ4n) is 3.62. The number of piperidine rings is 1. The van der Waals surface area contributed by atoms with E-state index in [1.54, 1.807) is 6.92 Å². The molecule has 0 aromatic carbocycles. The zero-order valence-electron chi connectivity index (χ0n) is 14.0. The second-order valence-electron chi connectivity index (χ2n) is 7.07. The summed E-state index contributed by atoms with van der Waals surface area (Å²) in [7, 11) is 0. The van der Waals surface area contributed by atoms with Crippen molar-refractivity contribution in [1.29, 1.82) is 0 Å². The zero-order chi connectivity index (χ0) is 16.3. The molecule has 0 bridgehead atoms. The number of carboxylic acids is 1. The van der Waals surface area contributed by atoms with E-state index in [9.17, 15) is 9.59 Å². The molecular weight excluding hydrogens is 282 g/mol. The lowest BCUT2D eigenvalue weighted by Crippen LogP contribution is -2.54. The molecule has 1 amide bonds. The molecular formula is C16H29N3O3. The Kier molecular flexibility index (Phi) is 5.81. The van der Waals surface area contributed by atoms with Crippen LogP contribution in [-0.2, 0) is 9.59 Å². The van der Waals surface area contributed by atoms with E-state index in [1.165, 1.54) is 6.42 Å². The van der Waals surface area contributed by atoms with Crippen molar-refractivity contribution in [3.8, 4) is 0 Å². The maximum absolute atomic E-state index is 12.5. The van der Waals surface area contributed by atoms with Crippen molar-refractivity contribution < 1.29 is 14.7 Å². The smallest absolute Gasteiger partial charge is 0.320 e. The molecule has 22 heavy (non-hydrogen) atoms. The summed E-state index contributed by atoms with van der Waals surface area (Å²) in [5.41, 5.74) is 0. The predicted octanol–water partition coefficient (Wildman–Crippen LogP) is 0.582. The van der Waals surface area contributed by atoms with Gasteiger partial charge in [0, 0.05) is 39.3 Å². The molecule has 0 aliphatic carbocycles. The van der Waals surface area contributed by atoms with Crippen LogP contribution in [0.4, 0.5) is 0 Å². The highest BCUT2D eigenvalue weighted by molar-refractivity contribution is 5.78. The number of carbonyl (C=O) groups excluding carboxylic acids is 1. The van der Waals surface area contributed by atoms with Crippen molar-refractivity contribution in [2.24, 2.45) is 11.8 Å². The van der Waals surface area contributed by atoms with Crippen LogP contribution >= 0.6 is 0 Å². The van der Waals surface area contributed by atoms with Crippen LogP contribution in [0.15, 0.2) is 0 Å². The Morgan fingerprint density at radius 1 is 1.09 bits per heavy atom. The molecule has 2 aliphatic heterocycles. The summed E-state index contributed by atoms with van der Waals surface area (Å²) in [6, 6.07) is -0.443. The van der Waals surface area contributed by atoms with Crippen molar-refractivity contribution in [3.05, 3.63) is 0 Å². The summed E-state index contributed by atoms with van der Waals surface area (Å²) >= 11 is 0. The van der Waals surface area contributed by atoms with E-state index in [0.717, 1.165) is 26.2 Å². The lowest BCUT2D eigenvalue weighted by atomic mass is 9.92. The molecule has 0 aromatic rings. The first-order valence-corrected chi connectivity index (χ1v) is 8.33. The van der Waals surface area contributed by atoms with Crippen LogP contribution in [-0.4, -0.2) is 83.5 Å². The number of hydrogen-bond donors (Lipinski definition) is 1. The quantitative estimate of drug-likeness (QED) is 0.823. The normalized spacial score (nSPS) is 29.3. The maximum atomic E-state index is 12.5. The third-order valence-electron chi connectivity index (χ3n) is 4.89. The largest absolute Gasteiger partial charge is 0.480 e. The van der Waals surface area contributed by atoms with Gasteiger partial charge in [0.05, 0.1) is 6.54 Å². The minimum Gasteiger partial charge on any atom is -0.480 e. The Balaban J connectivity index is 1.78. The van der Waals surface area contributed by atoms with Crippen LogP contribution < -0.4 is 0 Å². The topological polar surface area (TPSA) is 64.1 Å². The fraction of sp³-hybridized carbons (Fsp3) is 0.875. The second-order valence-corrected chi connectivity index (χ2v) is 7.07. The monoisotopic (exact) mass is 311 g/mol. The van der Waals surface area contributed by atoms with Gasteiger partial charge < -0.3 is 10.0 Å². The Morgan fingerprint density at radius 3 is 2.14 bits per heavy atom. The van der Waals surface area contributed by atoms with E-state index in [0.29, 0.717) is 31.5 Å². The average Bonchev–Trinajstić information content (AvgIpc) is 2.46. The molecule has 0 radical (unpaired) electrons. The van der Waals surface area contributed by atoms with Crippen LogP contribution in [0.1, 0.15) is 27.2 Å². The molecule has 1 N–H and O–H groups in total. The van der Waals surface area contributed by atoms with E-state index in [4.69, 9.17) is 5.11 Å². The number of aliphatic carboxylic acids is 1. The van der Waals surface area contributed by atoms with Gasteiger partial charge in [-0.05, 0) is 25.2 Å². The highest BCUT2D eigenvalue weighted by atomic mass is 16.4. The molecule has 0 unspecified atom stereocenters. The van der Waals surface area contributed by atoms with Crippen molar-refractivity contribution in [1.82, 2.24) is 14.7 Å². The van der Waals surface area contributed by atoms with Gasteiger partial charge in [0.1, 0.15) is 6.04 Å². The van der Waals surface area contributed by atoms with Crippen LogP contribution in [0.2, 0.25) is 0 Å². The summed E-state index contributed by atoms with van der Waals surface area (Å²) in [6.45, 7) is 11.3. The third kappa shape index (κ3) is 4.43. The number of amides is 1. The summed E-state index contributed by atoms with van der Waals surface area (Å²) in [6.07, 6.45) is 1.20. The first-order valence-electron chi connectivity index (χ1n) is 8.33.